The number of carbonyl (C=O) groups is 1. The molecule has 0 atom stereocenters. The third-order valence-electron chi connectivity index (χ3n) is 2.29. The van der Waals surface area contributed by atoms with Gasteiger partial charge in [-0.25, -0.2) is 0 Å². The van der Waals surface area contributed by atoms with Crippen LogP contribution in [0.2, 0.25) is 0 Å². The first-order valence-electron chi connectivity index (χ1n) is 5.30. The molecule has 1 aromatic heterocycles. The van der Waals surface area contributed by atoms with Crippen molar-refractivity contribution >= 4 is 17.7 Å². The van der Waals surface area contributed by atoms with Crippen LogP contribution >= 0.6 is 11.8 Å². The Hall–Kier alpha value is -2.03. The van der Waals surface area contributed by atoms with E-state index >= 15 is 0 Å². The second-order valence-corrected chi connectivity index (χ2v) is 4.66. The van der Waals surface area contributed by atoms with Crippen LogP contribution in [0.4, 0.5) is 13.2 Å². The summed E-state index contributed by atoms with van der Waals surface area (Å²) in [6, 6.07) is 4.64. The molecular weight excluding hydrogens is 295 g/mol. The summed E-state index contributed by atoms with van der Waals surface area (Å²) in [5.74, 6) is -1.30. The zero-order chi connectivity index (χ0) is 14.8. The van der Waals surface area contributed by atoms with E-state index in [-0.39, 0.29) is 16.6 Å². The molecule has 0 bridgehead atoms. The van der Waals surface area contributed by atoms with Crippen LogP contribution in [0.15, 0.2) is 35.7 Å². The number of aliphatic carboxylic acids is 1. The second kappa shape index (κ2) is 5.53. The van der Waals surface area contributed by atoms with Gasteiger partial charge in [0.25, 0.3) is 0 Å². The van der Waals surface area contributed by atoms with Crippen LogP contribution in [-0.4, -0.2) is 31.6 Å². The maximum Gasteiger partial charge on any atom is 0.416 e. The van der Waals surface area contributed by atoms with Crippen molar-refractivity contribution in [3.05, 3.63) is 36.2 Å². The maximum absolute atomic E-state index is 12.6. The molecule has 9 heteroatoms. The fourth-order valence-corrected chi connectivity index (χ4v) is 2.11. The van der Waals surface area contributed by atoms with Crippen LogP contribution in [0.1, 0.15) is 5.56 Å². The number of halogens is 3. The normalized spacial score (nSPS) is 11.6. The molecule has 2 rings (SSSR count). The van der Waals surface area contributed by atoms with Crippen LogP contribution in [0, 0.1) is 0 Å². The fraction of sp³-hybridized carbons (Fsp3) is 0.182. The van der Waals surface area contributed by atoms with Crippen LogP contribution in [-0.2, 0) is 11.0 Å². The van der Waals surface area contributed by atoms with E-state index in [0.29, 0.717) is 0 Å². The largest absolute Gasteiger partial charge is 0.481 e. The predicted octanol–water partition coefficient (Wildman–Crippen LogP) is 2.46. The Labute approximate surface area is 115 Å². The van der Waals surface area contributed by atoms with Crippen LogP contribution < -0.4 is 0 Å². The van der Waals surface area contributed by atoms with Gasteiger partial charge in [-0.1, -0.05) is 17.8 Å². The van der Waals surface area contributed by atoms with Gasteiger partial charge in [0.2, 0.25) is 0 Å². The SMILES string of the molecule is O=C(O)CSc1nncn1-c1cccc(C(F)(F)F)c1. The van der Waals surface area contributed by atoms with Crippen molar-refractivity contribution in [3.63, 3.8) is 0 Å². The molecule has 0 aliphatic heterocycles. The molecule has 0 aliphatic rings. The van der Waals surface area contributed by atoms with E-state index in [1.54, 1.807) is 0 Å². The summed E-state index contributed by atoms with van der Waals surface area (Å²) in [6.07, 6.45) is -3.21. The zero-order valence-electron chi connectivity index (χ0n) is 9.83. The molecule has 106 valence electrons. The van der Waals surface area contributed by atoms with Crippen LogP contribution in [0.3, 0.4) is 0 Å². The molecular formula is C11H8F3N3O2S. The number of alkyl halides is 3. The Morgan fingerprint density at radius 2 is 2.15 bits per heavy atom. The molecule has 1 aromatic carbocycles. The quantitative estimate of drug-likeness (QED) is 0.879. The lowest BCUT2D eigenvalue weighted by molar-refractivity contribution is -0.137. The smallest absolute Gasteiger partial charge is 0.416 e. The van der Waals surface area contributed by atoms with Gasteiger partial charge in [0.05, 0.1) is 11.3 Å². The number of carboxylic acids is 1. The lowest BCUT2D eigenvalue weighted by Gasteiger charge is -2.10. The number of carboxylic acid groups (broad SMARTS) is 1. The summed E-state index contributed by atoms with van der Waals surface area (Å²) in [6.45, 7) is 0. The van der Waals surface area contributed by atoms with E-state index in [0.717, 1.165) is 23.9 Å². The molecule has 5 nitrogen and oxygen atoms in total. The Balaban J connectivity index is 2.33. The van der Waals surface area contributed by atoms with E-state index in [4.69, 9.17) is 5.11 Å². The topological polar surface area (TPSA) is 68.0 Å². The number of hydrogen-bond donors (Lipinski definition) is 1. The van der Waals surface area contributed by atoms with E-state index in [1.807, 2.05) is 0 Å². The second-order valence-electron chi connectivity index (χ2n) is 3.71. The fourth-order valence-electron chi connectivity index (χ4n) is 1.46. The third-order valence-corrected chi connectivity index (χ3v) is 3.22. The average Bonchev–Trinajstić information content (AvgIpc) is 2.83. The van der Waals surface area contributed by atoms with Gasteiger partial charge < -0.3 is 5.11 Å². The number of hydrogen-bond acceptors (Lipinski definition) is 4. The van der Waals surface area contributed by atoms with Crippen molar-refractivity contribution in [2.45, 2.75) is 11.3 Å². The lowest BCUT2D eigenvalue weighted by Crippen LogP contribution is -2.06. The number of rotatable bonds is 4. The van der Waals surface area contributed by atoms with Crippen molar-refractivity contribution in [2.24, 2.45) is 0 Å². The van der Waals surface area contributed by atoms with Crippen molar-refractivity contribution in [1.82, 2.24) is 14.8 Å². The van der Waals surface area contributed by atoms with Crippen molar-refractivity contribution in [1.29, 1.82) is 0 Å². The molecule has 1 N–H and O–H groups in total. The first kappa shape index (κ1) is 14.4. The molecule has 0 spiro atoms. The Morgan fingerprint density at radius 3 is 2.80 bits per heavy atom. The van der Waals surface area contributed by atoms with Gasteiger partial charge in [-0.3, -0.25) is 9.36 Å². The third kappa shape index (κ3) is 3.29. The Morgan fingerprint density at radius 1 is 1.40 bits per heavy atom. The van der Waals surface area contributed by atoms with Gasteiger partial charge in [-0.2, -0.15) is 13.2 Å². The standard InChI is InChI=1S/C11H8F3N3O2S/c12-11(13,14)7-2-1-3-8(4-7)17-6-15-16-10(17)20-5-9(18)19/h1-4,6H,5H2,(H,18,19). The maximum atomic E-state index is 12.6. The number of benzene rings is 1. The molecule has 0 saturated heterocycles. The van der Waals surface area contributed by atoms with Crippen molar-refractivity contribution in [3.8, 4) is 5.69 Å². The zero-order valence-corrected chi connectivity index (χ0v) is 10.6. The highest BCUT2D eigenvalue weighted by Crippen LogP contribution is 2.31. The monoisotopic (exact) mass is 303 g/mol. The molecule has 2 aromatic rings. The lowest BCUT2D eigenvalue weighted by atomic mass is 10.2. The summed E-state index contributed by atoms with van der Waals surface area (Å²) >= 11 is 0.879. The van der Waals surface area contributed by atoms with Gasteiger partial charge in [-0.05, 0) is 18.2 Å². The average molecular weight is 303 g/mol. The van der Waals surface area contributed by atoms with Gasteiger partial charge in [0.15, 0.2) is 5.16 Å². The van der Waals surface area contributed by atoms with Gasteiger partial charge >= 0.3 is 12.1 Å². The van der Waals surface area contributed by atoms with E-state index in [9.17, 15) is 18.0 Å². The first-order chi connectivity index (χ1) is 9.38. The Bertz CT molecular complexity index is 627. The van der Waals surface area contributed by atoms with Crippen molar-refractivity contribution in [2.75, 3.05) is 5.75 Å². The summed E-state index contributed by atoms with van der Waals surface area (Å²) in [5.41, 5.74) is -0.574. The van der Waals surface area contributed by atoms with Crippen molar-refractivity contribution < 1.29 is 23.1 Å². The van der Waals surface area contributed by atoms with Crippen LogP contribution in [0.25, 0.3) is 5.69 Å². The number of thioether (sulfide) groups is 1. The highest BCUT2D eigenvalue weighted by Gasteiger charge is 2.30. The summed E-state index contributed by atoms with van der Waals surface area (Å²) in [4.78, 5) is 10.5. The summed E-state index contributed by atoms with van der Waals surface area (Å²) < 4.78 is 39.2. The molecule has 20 heavy (non-hydrogen) atoms. The molecule has 0 saturated carbocycles. The summed E-state index contributed by atoms with van der Waals surface area (Å²) in [7, 11) is 0. The molecule has 0 radical (unpaired) electrons. The van der Waals surface area contributed by atoms with Gasteiger partial charge in [-0.15, -0.1) is 10.2 Å². The molecule has 0 aliphatic carbocycles. The molecule has 0 unspecified atom stereocenters. The first-order valence-corrected chi connectivity index (χ1v) is 6.29. The highest BCUT2D eigenvalue weighted by molar-refractivity contribution is 7.99. The number of aromatic nitrogens is 3. The minimum absolute atomic E-state index is 0.215. The minimum atomic E-state index is -4.45. The van der Waals surface area contributed by atoms with E-state index in [2.05, 4.69) is 10.2 Å². The predicted molar refractivity (Wildman–Crippen MR) is 64.7 cm³/mol. The molecule has 1 heterocycles. The summed E-state index contributed by atoms with van der Waals surface area (Å²) in [5, 5.41) is 16.1. The highest BCUT2D eigenvalue weighted by atomic mass is 32.2. The Kier molecular flexibility index (Phi) is 3.98. The van der Waals surface area contributed by atoms with Crippen LogP contribution in [0.5, 0.6) is 0 Å². The van der Waals surface area contributed by atoms with Gasteiger partial charge in [0, 0.05) is 5.69 Å². The van der Waals surface area contributed by atoms with Gasteiger partial charge in [0.1, 0.15) is 6.33 Å². The van der Waals surface area contributed by atoms with E-state index < -0.39 is 17.7 Å². The van der Waals surface area contributed by atoms with E-state index in [1.165, 1.54) is 23.0 Å². The molecule has 0 fully saturated rings. The minimum Gasteiger partial charge on any atom is -0.481 e. The molecule has 0 amide bonds. The number of nitrogens with zero attached hydrogens (tertiary/aromatic N) is 3.